The lowest BCUT2D eigenvalue weighted by molar-refractivity contribution is 0.659. The topological polar surface area (TPSA) is 42.2 Å². The second-order valence-corrected chi connectivity index (χ2v) is 4.27. The molecule has 1 aliphatic rings. The highest BCUT2D eigenvalue weighted by Crippen LogP contribution is 2.26. The number of nitrogens with two attached hydrogens (primary N) is 1. The van der Waals surface area contributed by atoms with Crippen molar-refractivity contribution in [3.8, 4) is 0 Å². The molecule has 0 saturated carbocycles. The van der Waals surface area contributed by atoms with Crippen molar-refractivity contribution in [1.29, 1.82) is 0 Å². The maximum Gasteiger partial charge on any atom is 0.151 e. The molecular formula is C11H17N3. The Hall–Kier alpha value is -1.25. The first-order chi connectivity index (χ1) is 6.66. The van der Waals surface area contributed by atoms with Gasteiger partial charge in [0.2, 0.25) is 0 Å². The van der Waals surface area contributed by atoms with E-state index < -0.39 is 0 Å². The standard InChI is InChI=1S/C11H17N3/c1-8-3-4-14(7-8)11-10(12)5-9(2)6-13-11/h5-6,8H,3-4,7,12H2,1-2H3. The Balaban J connectivity index is 2.24. The van der Waals surface area contributed by atoms with Crippen LogP contribution in [0, 0.1) is 12.8 Å². The van der Waals surface area contributed by atoms with E-state index in [1.807, 2.05) is 19.2 Å². The van der Waals surface area contributed by atoms with Crippen molar-refractivity contribution in [2.45, 2.75) is 20.3 Å². The van der Waals surface area contributed by atoms with Crippen LogP contribution in [-0.2, 0) is 0 Å². The van der Waals surface area contributed by atoms with Gasteiger partial charge in [0.15, 0.2) is 5.82 Å². The van der Waals surface area contributed by atoms with Crippen LogP contribution in [-0.4, -0.2) is 18.1 Å². The minimum absolute atomic E-state index is 0.762. The summed E-state index contributed by atoms with van der Waals surface area (Å²) in [6, 6.07) is 1.99. The van der Waals surface area contributed by atoms with Crippen molar-refractivity contribution in [3.63, 3.8) is 0 Å². The predicted molar refractivity (Wildman–Crippen MR) is 59.4 cm³/mol. The normalized spacial score (nSPS) is 21.6. The van der Waals surface area contributed by atoms with Gasteiger partial charge in [-0.15, -0.1) is 0 Å². The molecule has 0 bridgehead atoms. The molecule has 1 unspecified atom stereocenters. The highest BCUT2D eigenvalue weighted by molar-refractivity contribution is 5.63. The van der Waals surface area contributed by atoms with Crippen molar-refractivity contribution >= 4 is 11.5 Å². The van der Waals surface area contributed by atoms with Crippen LogP contribution in [0.15, 0.2) is 12.3 Å². The Morgan fingerprint density at radius 3 is 2.93 bits per heavy atom. The minimum Gasteiger partial charge on any atom is -0.396 e. The van der Waals surface area contributed by atoms with E-state index in [1.54, 1.807) is 0 Å². The molecule has 2 heterocycles. The van der Waals surface area contributed by atoms with Crippen LogP contribution in [0.4, 0.5) is 11.5 Å². The van der Waals surface area contributed by atoms with E-state index in [4.69, 9.17) is 5.73 Å². The molecule has 1 fully saturated rings. The van der Waals surface area contributed by atoms with Crippen molar-refractivity contribution in [3.05, 3.63) is 17.8 Å². The second-order valence-electron chi connectivity index (χ2n) is 4.27. The number of hydrogen-bond acceptors (Lipinski definition) is 3. The van der Waals surface area contributed by atoms with Crippen molar-refractivity contribution in [2.75, 3.05) is 23.7 Å². The van der Waals surface area contributed by atoms with Crippen LogP contribution in [0.1, 0.15) is 18.9 Å². The summed E-state index contributed by atoms with van der Waals surface area (Å²) < 4.78 is 0. The van der Waals surface area contributed by atoms with Gasteiger partial charge in [-0.2, -0.15) is 0 Å². The Morgan fingerprint density at radius 1 is 1.57 bits per heavy atom. The van der Waals surface area contributed by atoms with E-state index in [9.17, 15) is 0 Å². The van der Waals surface area contributed by atoms with Gasteiger partial charge in [0.05, 0.1) is 5.69 Å². The molecule has 2 N–H and O–H groups in total. The van der Waals surface area contributed by atoms with Crippen molar-refractivity contribution < 1.29 is 0 Å². The van der Waals surface area contributed by atoms with E-state index in [0.29, 0.717) is 0 Å². The number of nitrogen functional groups attached to an aromatic ring is 1. The lowest BCUT2D eigenvalue weighted by atomic mass is 10.2. The summed E-state index contributed by atoms with van der Waals surface area (Å²) in [4.78, 5) is 6.67. The number of hydrogen-bond donors (Lipinski definition) is 1. The molecule has 0 aliphatic carbocycles. The molecule has 2 rings (SSSR count). The molecule has 14 heavy (non-hydrogen) atoms. The Morgan fingerprint density at radius 2 is 2.36 bits per heavy atom. The van der Waals surface area contributed by atoms with E-state index in [-0.39, 0.29) is 0 Å². The first-order valence-corrected chi connectivity index (χ1v) is 5.14. The highest BCUT2D eigenvalue weighted by atomic mass is 15.2. The molecule has 1 aromatic heterocycles. The third kappa shape index (κ3) is 1.67. The van der Waals surface area contributed by atoms with Gasteiger partial charge in [-0.05, 0) is 30.9 Å². The first-order valence-electron chi connectivity index (χ1n) is 5.14. The number of aromatic nitrogens is 1. The number of aryl methyl sites for hydroxylation is 1. The average molecular weight is 191 g/mol. The lowest BCUT2D eigenvalue weighted by Crippen LogP contribution is -2.21. The Kier molecular flexibility index (Phi) is 2.32. The third-order valence-corrected chi connectivity index (χ3v) is 2.76. The van der Waals surface area contributed by atoms with Gasteiger partial charge >= 0.3 is 0 Å². The van der Waals surface area contributed by atoms with Crippen LogP contribution in [0.2, 0.25) is 0 Å². The molecule has 76 valence electrons. The maximum atomic E-state index is 5.94. The molecule has 1 atom stereocenters. The van der Waals surface area contributed by atoms with Crippen molar-refractivity contribution in [2.24, 2.45) is 5.92 Å². The van der Waals surface area contributed by atoms with Crippen LogP contribution in [0.25, 0.3) is 0 Å². The molecule has 1 saturated heterocycles. The maximum absolute atomic E-state index is 5.94. The molecule has 0 spiro atoms. The van der Waals surface area contributed by atoms with E-state index in [2.05, 4.69) is 16.8 Å². The molecule has 1 aliphatic heterocycles. The summed E-state index contributed by atoms with van der Waals surface area (Å²) in [6.07, 6.45) is 3.13. The molecular weight excluding hydrogens is 174 g/mol. The SMILES string of the molecule is Cc1cnc(N2CCC(C)C2)c(N)c1. The monoisotopic (exact) mass is 191 g/mol. The van der Waals surface area contributed by atoms with Gasteiger partial charge in [0.25, 0.3) is 0 Å². The number of nitrogens with zero attached hydrogens (tertiary/aromatic N) is 2. The Labute approximate surface area is 84.9 Å². The van der Waals surface area contributed by atoms with Gasteiger partial charge in [-0.3, -0.25) is 0 Å². The summed E-state index contributed by atoms with van der Waals surface area (Å²) in [5.41, 5.74) is 7.87. The van der Waals surface area contributed by atoms with Crippen LogP contribution < -0.4 is 10.6 Å². The largest absolute Gasteiger partial charge is 0.396 e. The van der Waals surface area contributed by atoms with Gasteiger partial charge in [0, 0.05) is 19.3 Å². The van der Waals surface area contributed by atoms with Gasteiger partial charge in [-0.1, -0.05) is 6.92 Å². The van der Waals surface area contributed by atoms with Crippen LogP contribution in [0.5, 0.6) is 0 Å². The zero-order valence-electron chi connectivity index (χ0n) is 8.83. The molecule has 3 heteroatoms. The average Bonchev–Trinajstić information content (AvgIpc) is 2.51. The van der Waals surface area contributed by atoms with E-state index >= 15 is 0 Å². The fourth-order valence-corrected chi connectivity index (χ4v) is 1.98. The summed E-state index contributed by atoms with van der Waals surface area (Å²) in [5, 5.41) is 0. The molecule has 1 aromatic rings. The number of rotatable bonds is 1. The summed E-state index contributed by atoms with van der Waals surface area (Å²) in [7, 11) is 0. The van der Waals surface area contributed by atoms with Crippen molar-refractivity contribution in [1.82, 2.24) is 4.98 Å². The lowest BCUT2D eigenvalue weighted by Gasteiger charge is -2.18. The quantitative estimate of drug-likeness (QED) is 0.736. The summed E-state index contributed by atoms with van der Waals surface area (Å²) >= 11 is 0. The van der Waals surface area contributed by atoms with E-state index in [1.165, 1.54) is 6.42 Å². The smallest absolute Gasteiger partial charge is 0.151 e. The first kappa shape index (κ1) is 9.31. The molecule has 0 amide bonds. The van der Waals surface area contributed by atoms with Gasteiger partial charge < -0.3 is 10.6 Å². The summed E-state index contributed by atoms with van der Waals surface area (Å²) in [6.45, 7) is 6.45. The highest BCUT2D eigenvalue weighted by Gasteiger charge is 2.21. The predicted octanol–water partition coefficient (Wildman–Crippen LogP) is 1.82. The van der Waals surface area contributed by atoms with E-state index in [0.717, 1.165) is 36.1 Å². The number of anilines is 2. The molecule has 3 nitrogen and oxygen atoms in total. The number of pyridine rings is 1. The zero-order chi connectivity index (χ0) is 10.1. The van der Waals surface area contributed by atoms with Crippen LogP contribution in [0.3, 0.4) is 0 Å². The van der Waals surface area contributed by atoms with Gasteiger partial charge in [0.1, 0.15) is 0 Å². The molecule has 0 aromatic carbocycles. The molecule has 0 radical (unpaired) electrons. The fraction of sp³-hybridized carbons (Fsp3) is 0.545. The second kappa shape index (κ2) is 3.48. The Bertz CT molecular complexity index is 335. The fourth-order valence-electron chi connectivity index (χ4n) is 1.98. The zero-order valence-corrected chi connectivity index (χ0v) is 8.83. The van der Waals surface area contributed by atoms with Gasteiger partial charge in [-0.25, -0.2) is 4.98 Å². The minimum atomic E-state index is 0.762. The summed E-state index contributed by atoms with van der Waals surface area (Å²) in [5.74, 6) is 1.72. The third-order valence-electron chi connectivity index (χ3n) is 2.76. The van der Waals surface area contributed by atoms with Crippen LogP contribution >= 0.6 is 0 Å².